The highest BCUT2D eigenvalue weighted by Crippen LogP contribution is 2.41. The lowest BCUT2D eigenvalue weighted by atomic mass is 9.96. The summed E-state index contributed by atoms with van der Waals surface area (Å²) in [5.74, 6) is -0.0966. The van der Waals surface area contributed by atoms with Gasteiger partial charge in [0.2, 0.25) is 0 Å². The van der Waals surface area contributed by atoms with E-state index in [2.05, 4.69) is 10.2 Å². The summed E-state index contributed by atoms with van der Waals surface area (Å²) in [6.45, 7) is 5.24. The zero-order valence-electron chi connectivity index (χ0n) is 12.4. The van der Waals surface area contributed by atoms with Crippen molar-refractivity contribution in [2.45, 2.75) is 32.2 Å². The summed E-state index contributed by atoms with van der Waals surface area (Å²) < 4.78 is 28.7. The highest BCUT2D eigenvalue weighted by molar-refractivity contribution is 5.85. The van der Waals surface area contributed by atoms with Crippen LogP contribution in [0, 0.1) is 24.5 Å². The summed E-state index contributed by atoms with van der Waals surface area (Å²) in [5, 5.41) is 3.30. The standard InChI is InChI=1S/C16H22F2N2.ClH/c1-11-2-5-13(17)15(16(11)18)14(10-12-3-4-12)20-8-6-19-7-9-20;/h2,5,12,14,19H,3-4,6-10H2,1H3;1H/t14-;/m0./s1. The molecule has 1 heterocycles. The van der Waals surface area contributed by atoms with Crippen molar-refractivity contribution in [1.29, 1.82) is 0 Å². The van der Waals surface area contributed by atoms with Crippen LogP contribution in [0.25, 0.3) is 0 Å². The third-order valence-corrected chi connectivity index (χ3v) is 4.50. The summed E-state index contributed by atoms with van der Waals surface area (Å²) in [6.07, 6.45) is 3.30. The second-order valence-corrected chi connectivity index (χ2v) is 6.07. The molecular formula is C16H23ClF2N2. The van der Waals surface area contributed by atoms with Crippen LogP contribution >= 0.6 is 12.4 Å². The van der Waals surface area contributed by atoms with Gasteiger partial charge in [0.25, 0.3) is 0 Å². The zero-order valence-corrected chi connectivity index (χ0v) is 13.2. The van der Waals surface area contributed by atoms with Crippen LogP contribution in [-0.4, -0.2) is 31.1 Å². The van der Waals surface area contributed by atoms with Crippen LogP contribution in [-0.2, 0) is 0 Å². The maximum atomic E-state index is 14.5. The second kappa shape index (κ2) is 7.03. The number of piperazine rings is 1. The predicted molar refractivity (Wildman–Crippen MR) is 82.9 cm³/mol. The molecule has 118 valence electrons. The molecule has 1 aromatic carbocycles. The molecule has 1 aromatic rings. The van der Waals surface area contributed by atoms with Gasteiger partial charge in [0.1, 0.15) is 11.6 Å². The van der Waals surface area contributed by atoms with Crippen molar-refractivity contribution in [3.8, 4) is 0 Å². The van der Waals surface area contributed by atoms with Crippen LogP contribution in [0.5, 0.6) is 0 Å². The number of halogens is 3. The van der Waals surface area contributed by atoms with E-state index in [9.17, 15) is 8.78 Å². The van der Waals surface area contributed by atoms with E-state index < -0.39 is 5.82 Å². The highest BCUT2D eigenvalue weighted by atomic mass is 35.5. The van der Waals surface area contributed by atoms with Gasteiger partial charge in [-0.25, -0.2) is 8.78 Å². The first-order valence-electron chi connectivity index (χ1n) is 7.56. The molecule has 1 saturated carbocycles. The van der Waals surface area contributed by atoms with Gasteiger partial charge < -0.3 is 5.32 Å². The number of hydrogen-bond donors (Lipinski definition) is 1. The molecule has 1 aliphatic heterocycles. The van der Waals surface area contributed by atoms with Gasteiger partial charge in [0, 0.05) is 37.8 Å². The Bertz CT molecular complexity index is 485. The quantitative estimate of drug-likeness (QED) is 0.915. The molecular weight excluding hydrogens is 294 g/mol. The van der Waals surface area contributed by atoms with Crippen LogP contribution in [0.15, 0.2) is 12.1 Å². The summed E-state index contributed by atoms with van der Waals surface area (Å²) in [7, 11) is 0. The molecule has 1 atom stereocenters. The third kappa shape index (κ3) is 3.74. The van der Waals surface area contributed by atoms with Crippen LogP contribution in [0.1, 0.15) is 36.4 Å². The van der Waals surface area contributed by atoms with E-state index in [4.69, 9.17) is 0 Å². The van der Waals surface area contributed by atoms with E-state index >= 15 is 0 Å². The lowest BCUT2D eigenvalue weighted by Crippen LogP contribution is -2.45. The molecule has 21 heavy (non-hydrogen) atoms. The lowest BCUT2D eigenvalue weighted by Gasteiger charge is -2.35. The number of nitrogens with one attached hydrogen (secondary N) is 1. The summed E-state index contributed by atoms with van der Waals surface area (Å²) >= 11 is 0. The third-order valence-electron chi connectivity index (χ3n) is 4.50. The molecule has 2 nitrogen and oxygen atoms in total. The van der Waals surface area contributed by atoms with Crippen LogP contribution in [0.4, 0.5) is 8.78 Å². The van der Waals surface area contributed by atoms with Gasteiger partial charge in [-0.05, 0) is 30.9 Å². The molecule has 0 amide bonds. The molecule has 2 aliphatic rings. The van der Waals surface area contributed by atoms with Crippen LogP contribution < -0.4 is 5.32 Å². The molecule has 1 aliphatic carbocycles. The average molecular weight is 317 g/mol. The number of rotatable bonds is 4. The van der Waals surface area contributed by atoms with E-state index in [0.29, 0.717) is 17.0 Å². The minimum atomic E-state index is -0.391. The fourth-order valence-corrected chi connectivity index (χ4v) is 3.10. The molecule has 0 radical (unpaired) electrons. The molecule has 3 rings (SSSR count). The lowest BCUT2D eigenvalue weighted by molar-refractivity contribution is 0.154. The van der Waals surface area contributed by atoms with Crippen LogP contribution in [0.3, 0.4) is 0 Å². The van der Waals surface area contributed by atoms with E-state index in [0.717, 1.165) is 32.6 Å². The average Bonchev–Trinajstić information content (AvgIpc) is 3.27. The van der Waals surface area contributed by atoms with E-state index in [1.54, 1.807) is 6.92 Å². The molecule has 5 heteroatoms. The Labute approximate surface area is 131 Å². The molecule has 0 spiro atoms. The second-order valence-electron chi connectivity index (χ2n) is 6.07. The van der Waals surface area contributed by atoms with Crippen molar-refractivity contribution in [2.24, 2.45) is 5.92 Å². The van der Waals surface area contributed by atoms with Gasteiger partial charge in [-0.15, -0.1) is 12.4 Å². The topological polar surface area (TPSA) is 15.3 Å². The van der Waals surface area contributed by atoms with E-state index in [-0.39, 0.29) is 24.3 Å². The minimum absolute atomic E-state index is 0. The number of aryl methyl sites for hydroxylation is 1. The monoisotopic (exact) mass is 316 g/mol. The Kier molecular flexibility index (Phi) is 5.58. The number of benzene rings is 1. The Balaban J connectivity index is 0.00000161. The van der Waals surface area contributed by atoms with Crippen molar-refractivity contribution >= 4 is 12.4 Å². The van der Waals surface area contributed by atoms with Gasteiger partial charge >= 0.3 is 0 Å². The Morgan fingerprint density at radius 2 is 1.90 bits per heavy atom. The van der Waals surface area contributed by atoms with E-state index in [1.807, 2.05) is 0 Å². The van der Waals surface area contributed by atoms with E-state index in [1.165, 1.54) is 25.0 Å². The molecule has 2 fully saturated rings. The number of hydrogen-bond acceptors (Lipinski definition) is 2. The minimum Gasteiger partial charge on any atom is -0.314 e. The molecule has 0 aromatic heterocycles. The largest absolute Gasteiger partial charge is 0.314 e. The first-order chi connectivity index (χ1) is 9.66. The normalized spacial score (nSPS) is 20.9. The summed E-state index contributed by atoms with van der Waals surface area (Å²) in [5.41, 5.74) is 0.830. The number of nitrogens with zero attached hydrogens (tertiary/aromatic N) is 1. The maximum absolute atomic E-state index is 14.5. The Morgan fingerprint density at radius 1 is 1.24 bits per heavy atom. The van der Waals surface area contributed by atoms with Crippen molar-refractivity contribution in [1.82, 2.24) is 10.2 Å². The molecule has 0 unspecified atom stereocenters. The molecule has 1 saturated heterocycles. The van der Waals surface area contributed by atoms with Crippen molar-refractivity contribution in [3.05, 3.63) is 34.9 Å². The van der Waals surface area contributed by atoms with Gasteiger partial charge in [-0.3, -0.25) is 4.90 Å². The van der Waals surface area contributed by atoms with Crippen molar-refractivity contribution < 1.29 is 8.78 Å². The zero-order chi connectivity index (χ0) is 14.1. The maximum Gasteiger partial charge on any atom is 0.133 e. The first-order valence-corrected chi connectivity index (χ1v) is 7.56. The van der Waals surface area contributed by atoms with Crippen LogP contribution in [0.2, 0.25) is 0 Å². The molecule has 0 bridgehead atoms. The Hall–Kier alpha value is -0.710. The molecule has 1 N–H and O–H groups in total. The SMILES string of the molecule is Cc1ccc(F)c([C@H](CC2CC2)N2CCNCC2)c1F.Cl. The Morgan fingerprint density at radius 3 is 2.52 bits per heavy atom. The van der Waals surface area contributed by atoms with Crippen molar-refractivity contribution in [3.63, 3.8) is 0 Å². The summed E-state index contributed by atoms with van der Waals surface area (Å²) in [6, 6.07) is 2.83. The fraction of sp³-hybridized carbons (Fsp3) is 0.625. The van der Waals surface area contributed by atoms with Gasteiger partial charge in [-0.1, -0.05) is 18.9 Å². The predicted octanol–water partition coefficient (Wildman–Crippen LogP) is 3.44. The highest BCUT2D eigenvalue weighted by Gasteiger charge is 2.33. The fourth-order valence-electron chi connectivity index (χ4n) is 3.10. The smallest absolute Gasteiger partial charge is 0.133 e. The summed E-state index contributed by atoms with van der Waals surface area (Å²) in [4.78, 5) is 2.25. The van der Waals surface area contributed by atoms with Crippen molar-refractivity contribution in [2.75, 3.05) is 26.2 Å². The first kappa shape index (κ1) is 16.7. The van der Waals surface area contributed by atoms with Gasteiger partial charge in [0.15, 0.2) is 0 Å². The van der Waals surface area contributed by atoms with Gasteiger partial charge in [0.05, 0.1) is 0 Å². The van der Waals surface area contributed by atoms with Gasteiger partial charge in [-0.2, -0.15) is 0 Å².